The van der Waals surface area contributed by atoms with Gasteiger partial charge in [-0.1, -0.05) is 60.7 Å². The highest BCUT2D eigenvalue weighted by atomic mass is 16.1. The summed E-state index contributed by atoms with van der Waals surface area (Å²) in [5, 5.41) is 4.54. The molecule has 1 aromatic heterocycles. The topological polar surface area (TPSA) is 22.0 Å². The minimum absolute atomic E-state index is 0.722. The number of fused-ring (bicyclic) bond motifs is 4. The zero-order chi connectivity index (χ0) is 16.8. The minimum atomic E-state index is 0.722. The van der Waals surface area contributed by atoms with Gasteiger partial charge in [0.05, 0.1) is 16.7 Å². The summed E-state index contributed by atoms with van der Waals surface area (Å²) in [6, 6.07) is 29.0. The molecule has 0 saturated heterocycles. The molecular formula is C23H15NO. The monoisotopic (exact) mass is 321 g/mol. The third-order valence-corrected chi connectivity index (χ3v) is 4.88. The van der Waals surface area contributed by atoms with Gasteiger partial charge in [-0.2, -0.15) is 0 Å². The molecule has 5 aromatic rings. The molecule has 0 bridgehead atoms. The van der Waals surface area contributed by atoms with Gasteiger partial charge in [-0.15, -0.1) is 0 Å². The van der Waals surface area contributed by atoms with Crippen molar-refractivity contribution in [2.24, 2.45) is 0 Å². The van der Waals surface area contributed by atoms with Crippen molar-refractivity contribution >= 4 is 38.9 Å². The largest absolute Gasteiger partial charge is 0.309 e. The maximum atomic E-state index is 11.4. The highest BCUT2D eigenvalue weighted by molar-refractivity contribution is 6.11. The summed E-state index contributed by atoms with van der Waals surface area (Å²) in [5.41, 5.74) is 4.17. The van der Waals surface area contributed by atoms with Crippen molar-refractivity contribution < 1.29 is 4.79 Å². The van der Waals surface area contributed by atoms with Gasteiger partial charge >= 0.3 is 0 Å². The second-order valence-electron chi connectivity index (χ2n) is 6.21. The van der Waals surface area contributed by atoms with Gasteiger partial charge in [0, 0.05) is 21.7 Å². The van der Waals surface area contributed by atoms with Gasteiger partial charge in [-0.25, -0.2) is 0 Å². The van der Waals surface area contributed by atoms with Crippen LogP contribution in [0.1, 0.15) is 10.4 Å². The Kier molecular flexibility index (Phi) is 2.98. The predicted molar refractivity (Wildman–Crippen MR) is 104 cm³/mol. The van der Waals surface area contributed by atoms with Gasteiger partial charge in [0.25, 0.3) is 0 Å². The summed E-state index contributed by atoms with van der Waals surface area (Å²) in [6.45, 7) is 0. The summed E-state index contributed by atoms with van der Waals surface area (Å²) < 4.78 is 2.29. The lowest BCUT2D eigenvalue weighted by atomic mass is 10.0. The number of para-hydroxylation sites is 2. The van der Waals surface area contributed by atoms with Gasteiger partial charge in [0.15, 0.2) is 6.29 Å². The van der Waals surface area contributed by atoms with E-state index in [1.807, 2.05) is 30.3 Å². The molecule has 0 unspecified atom stereocenters. The van der Waals surface area contributed by atoms with Crippen LogP contribution >= 0.6 is 0 Å². The molecule has 2 nitrogen and oxygen atoms in total. The molecule has 2 heteroatoms. The Morgan fingerprint density at radius 3 is 1.68 bits per heavy atom. The third-order valence-electron chi connectivity index (χ3n) is 4.88. The fraction of sp³-hybridized carbons (Fsp3) is 0. The smallest absolute Gasteiger partial charge is 0.150 e. The van der Waals surface area contributed by atoms with Gasteiger partial charge in [-0.05, 0) is 29.7 Å². The van der Waals surface area contributed by atoms with E-state index in [1.165, 1.54) is 21.8 Å². The summed E-state index contributed by atoms with van der Waals surface area (Å²) >= 11 is 0. The third kappa shape index (κ3) is 1.94. The molecule has 0 N–H and O–H groups in total. The first kappa shape index (κ1) is 14.0. The average Bonchev–Trinajstić information content (AvgIpc) is 3.02. The van der Waals surface area contributed by atoms with Crippen LogP contribution in [0, 0.1) is 0 Å². The van der Waals surface area contributed by atoms with E-state index in [0.717, 1.165) is 28.3 Å². The number of carbonyl (C=O) groups excluding carboxylic acids is 1. The Morgan fingerprint density at radius 1 is 0.560 bits per heavy atom. The molecule has 4 aromatic carbocycles. The average molecular weight is 321 g/mol. The number of carbonyl (C=O) groups is 1. The molecule has 5 rings (SSSR count). The van der Waals surface area contributed by atoms with E-state index in [0.29, 0.717) is 0 Å². The normalized spacial score (nSPS) is 11.4. The molecule has 25 heavy (non-hydrogen) atoms. The lowest BCUT2D eigenvalue weighted by Gasteiger charge is -2.12. The van der Waals surface area contributed by atoms with Gasteiger partial charge in [0.1, 0.15) is 0 Å². The standard InChI is InChI=1S/C23H15NO/c25-15-16-13-14-23(18-8-2-1-7-17(16)18)24-21-11-5-3-9-19(21)20-10-4-6-12-22(20)24/h1-15H. The molecule has 0 aliphatic rings. The molecule has 0 radical (unpaired) electrons. The van der Waals surface area contributed by atoms with E-state index in [9.17, 15) is 4.79 Å². The van der Waals surface area contributed by atoms with E-state index in [1.54, 1.807) is 0 Å². The Balaban J connectivity index is 2.00. The zero-order valence-electron chi connectivity index (χ0n) is 13.5. The second-order valence-corrected chi connectivity index (χ2v) is 6.21. The van der Waals surface area contributed by atoms with Crippen LogP contribution in [-0.2, 0) is 0 Å². The Labute approximate surface area is 144 Å². The summed E-state index contributed by atoms with van der Waals surface area (Å²) in [5.74, 6) is 0. The first-order valence-electron chi connectivity index (χ1n) is 8.34. The number of nitrogens with zero attached hydrogens (tertiary/aromatic N) is 1. The summed E-state index contributed by atoms with van der Waals surface area (Å²) in [7, 11) is 0. The number of hydrogen-bond acceptors (Lipinski definition) is 1. The van der Waals surface area contributed by atoms with Crippen LogP contribution in [0.25, 0.3) is 38.3 Å². The first-order valence-corrected chi connectivity index (χ1v) is 8.34. The van der Waals surface area contributed by atoms with Crippen LogP contribution in [0.3, 0.4) is 0 Å². The van der Waals surface area contributed by atoms with Crippen LogP contribution in [0.4, 0.5) is 0 Å². The van der Waals surface area contributed by atoms with E-state index in [4.69, 9.17) is 0 Å². The maximum Gasteiger partial charge on any atom is 0.150 e. The van der Waals surface area contributed by atoms with Crippen molar-refractivity contribution in [3.8, 4) is 5.69 Å². The highest BCUT2D eigenvalue weighted by Gasteiger charge is 2.14. The molecule has 0 spiro atoms. The number of aldehydes is 1. The van der Waals surface area contributed by atoms with Crippen LogP contribution in [-0.4, -0.2) is 10.9 Å². The molecule has 0 atom stereocenters. The van der Waals surface area contributed by atoms with Gasteiger partial charge < -0.3 is 4.57 Å². The van der Waals surface area contributed by atoms with E-state index >= 15 is 0 Å². The van der Waals surface area contributed by atoms with Gasteiger partial charge in [0.2, 0.25) is 0 Å². The predicted octanol–water partition coefficient (Wildman–Crippen LogP) is 5.75. The van der Waals surface area contributed by atoms with Crippen molar-refractivity contribution in [2.75, 3.05) is 0 Å². The first-order chi connectivity index (χ1) is 12.4. The number of hydrogen-bond donors (Lipinski definition) is 0. The fourth-order valence-corrected chi connectivity index (χ4v) is 3.79. The SMILES string of the molecule is O=Cc1ccc(-n2c3ccccc3c3ccccc32)c2ccccc12. The molecule has 0 fully saturated rings. The molecule has 0 amide bonds. The van der Waals surface area contributed by atoms with Crippen molar-refractivity contribution in [3.05, 3.63) is 90.5 Å². The Hall–Kier alpha value is -3.39. The Morgan fingerprint density at radius 2 is 1.08 bits per heavy atom. The van der Waals surface area contributed by atoms with Crippen LogP contribution in [0.15, 0.2) is 84.9 Å². The quantitative estimate of drug-likeness (QED) is 0.379. The molecule has 0 aliphatic heterocycles. The van der Waals surface area contributed by atoms with Crippen LogP contribution in [0.2, 0.25) is 0 Å². The van der Waals surface area contributed by atoms with Crippen molar-refractivity contribution in [1.82, 2.24) is 4.57 Å². The number of aromatic nitrogens is 1. The molecule has 118 valence electrons. The zero-order valence-corrected chi connectivity index (χ0v) is 13.5. The highest BCUT2D eigenvalue weighted by Crippen LogP contribution is 2.34. The van der Waals surface area contributed by atoms with Crippen LogP contribution < -0.4 is 0 Å². The minimum Gasteiger partial charge on any atom is -0.309 e. The lowest BCUT2D eigenvalue weighted by molar-refractivity contribution is 0.112. The van der Waals surface area contributed by atoms with Crippen molar-refractivity contribution in [3.63, 3.8) is 0 Å². The summed E-state index contributed by atoms with van der Waals surface area (Å²) in [6.07, 6.45) is 0.929. The Bertz CT molecular complexity index is 1210. The number of rotatable bonds is 2. The number of benzene rings is 4. The van der Waals surface area contributed by atoms with E-state index in [2.05, 4.69) is 59.2 Å². The van der Waals surface area contributed by atoms with E-state index in [-0.39, 0.29) is 0 Å². The van der Waals surface area contributed by atoms with Gasteiger partial charge in [-0.3, -0.25) is 4.79 Å². The second kappa shape index (κ2) is 5.32. The maximum absolute atomic E-state index is 11.4. The van der Waals surface area contributed by atoms with Crippen molar-refractivity contribution in [1.29, 1.82) is 0 Å². The molecule has 1 heterocycles. The molecule has 0 saturated carbocycles. The fourth-order valence-electron chi connectivity index (χ4n) is 3.79. The van der Waals surface area contributed by atoms with Crippen LogP contribution in [0.5, 0.6) is 0 Å². The lowest BCUT2D eigenvalue weighted by Crippen LogP contribution is -1.96. The summed E-state index contributed by atoms with van der Waals surface area (Å²) in [4.78, 5) is 11.4. The molecular weight excluding hydrogens is 306 g/mol. The van der Waals surface area contributed by atoms with E-state index < -0.39 is 0 Å². The molecule has 0 aliphatic carbocycles. The van der Waals surface area contributed by atoms with Crippen molar-refractivity contribution in [2.45, 2.75) is 0 Å².